The molecule has 0 aliphatic carbocycles. The highest BCUT2D eigenvalue weighted by atomic mass is 19.2. The Hall–Kier alpha value is -3.13. The van der Waals surface area contributed by atoms with E-state index in [-0.39, 0.29) is 11.5 Å². The molecule has 276 valence electrons. The predicted octanol–water partition coefficient (Wildman–Crippen LogP) is 12.0. The highest BCUT2D eigenvalue weighted by Crippen LogP contribution is 2.32. The number of allylic oxidation sites excluding steroid dienone is 1. The number of aromatic nitrogens is 2. The van der Waals surface area contributed by atoms with Crippen LogP contribution < -0.4 is 5.32 Å². The molecule has 3 rings (SSSR count). The molecule has 0 spiro atoms. The number of H-pyrrole nitrogens is 2. The van der Waals surface area contributed by atoms with Crippen LogP contribution in [0.25, 0.3) is 17.0 Å². The van der Waals surface area contributed by atoms with E-state index in [0.717, 1.165) is 59.4 Å². The topological polar surface area (TPSA) is 69.9 Å². The number of ketones is 1. The largest absolute Gasteiger partial charge is 0.796 e. The van der Waals surface area contributed by atoms with E-state index in [1.807, 2.05) is 20.8 Å². The first kappa shape index (κ1) is 41.3. The van der Waals surface area contributed by atoms with E-state index in [0.29, 0.717) is 24.2 Å². The van der Waals surface area contributed by atoms with E-state index in [1.54, 1.807) is 6.20 Å². The molecule has 0 amide bonds. The van der Waals surface area contributed by atoms with Crippen LogP contribution in [0.1, 0.15) is 169 Å². The Morgan fingerprint density at radius 2 is 1.28 bits per heavy atom. The molecule has 2 aromatic heterocycles. The number of hydrogen-bond acceptors (Lipinski definition) is 3. The molecule has 3 N–H and O–H groups in total. The fourth-order valence-electron chi connectivity index (χ4n) is 7.17. The number of rotatable bonds is 27. The molecular weight excluding hydrogens is 627 g/mol. The molecule has 50 heavy (non-hydrogen) atoms. The van der Waals surface area contributed by atoms with Crippen LogP contribution in [-0.4, -0.2) is 29.8 Å². The number of carbonyl (C=O) groups excluding carboxylic acids is 1. The second-order valence-electron chi connectivity index (χ2n) is 13.6. The number of halogens is 2. The summed E-state index contributed by atoms with van der Waals surface area (Å²) in [5, 5.41) is 3.60. The predicted molar refractivity (Wildman–Crippen MR) is 208 cm³/mol. The van der Waals surface area contributed by atoms with Gasteiger partial charge in [-0.15, -0.1) is 0 Å². The first-order valence-corrected chi connectivity index (χ1v) is 19.8. The third-order valence-electron chi connectivity index (χ3n) is 9.99. The van der Waals surface area contributed by atoms with Crippen molar-refractivity contribution in [3.63, 3.8) is 0 Å². The van der Waals surface area contributed by atoms with Gasteiger partial charge in [0, 0.05) is 24.5 Å². The second-order valence-corrected chi connectivity index (χ2v) is 13.6. The molecule has 2 heterocycles. The standard InChI is InChI=1S/C42H64BF2N3O2/c1-6-11-12-13-14-15-16-17-18-19-20-21-22-23-28-46-30-32-24-26-34(27-25-32)40-36(9-4)37(10-5)41(48-40)38(49)29-39(50-43(44)45)42-35(8-3)33(7-2)31-47-42/h24-27,29,31,46-48H,6-23,28,30H2,1-5H3/b39-29-. The van der Waals surface area contributed by atoms with Gasteiger partial charge in [0.1, 0.15) is 5.76 Å². The van der Waals surface area contributed by atoms with Gasteiger partial charge in [-0.2, -0.15) is 0 Å². The Bertz CT molecular complexity index is 1430. The van der Waals surface area contributed by atoms with Gasteiger partial charge in [0.05, 0.1) is 11.4 Å². The fourth-order valence-corrected chi connectivity index (χ4v) is 7.17. The summed E-state index contributed by atoms with van der Waals surface area (Å²) in [6, 6.07) is 8.47. The van der Waals surface area contributed by atoms with E-state index in [9.17, 15) is 13.4 Å². The number of nitrogens with one attached hydrogen (secondary N) is 3. The van der Waals surface area contributed by atoms with Gasteiger partial charge in [-0.25, -0.2) is 8.63 Å². The zero-order valence-corrected chi connectivity index (χ0v) is 31.8. The first-order valence-electron chi connectivity index (χ1n) is 19.8. The lowest BCUT2D eigenvalue weighted by atomic mass is 9.98. The van der Waals surface area contributed by atoms with Crippen molar-refractivity contribution in [1.82, 2.24) is 15.3 Å². The van der Waals surface area contributed by atoms with Gasteiger partial charge in [-0.05, 0) is 72.0 Å². The molecule has 0 saturated heterocycles. The summed E-state index contributed by atoms with van der Waals surface area (Å²) in [5.74, 6) is -0.513. The maximum absolute atomic E-state index is 13.7. The maximum Gasteiger partial charge on any atom is 0.796 e. The number of aromatic amines is 2. The minimum Gasteiger partial charge on any atom is -0.503 e. The van der Waals surface area contributed by atoms with Crippen LogP contribution in [0, 0.1) is 0 Å². The van der Waals surface area contributed by atoms with Gasteiger partial charge in [0.15, 0.2) is 0 Å². The Balaban J connectivity index is 1.52. The van der Waals surface area contributed by atoms with Crippen molar-refractivity contribution in [2.24, 2.45) is 0 Å². The summed E-state index contributed by atoms with van der Waals surface area (Å²) in [4.78, 5) is 20.2. The summed E-state index contributed by atoms with van der Waals surface area (Å²) < 4.78 is 31.9. The molecule has 0 saturated carbocycles. The molecule has 0 aliphatic rings. The van der Waals surface area contributed by atoms with E-state index in [1.165, 1.54) is 102 Å². The van der Waals surface area contributed by atoms with Crippen LogP contribution in [0.3, 0.4) is 0 Å². The van der Waals surface area contributed by atoms with Gasteiger partial charge in [-0.1, -0.05) is 142 Å². The molecule has 0 fully saturated rings. The van der Waals surface area contributed by atoms with Crippen LogP contribution in [-0.2, 0) is 36.9 Å². The molecule has 3 aromatic rings. The number of hydrogen-bond donors (Lipinski definition) is 3. The Kier molecular flexibility index (Phi) is 19.3. The van der Waals surface area contributed by atoms with Crippen LogP contribution in [0.5, 0.6) is 0 Å². The third kappa shape index (κ3) is 12.9. The van der Waals surface area contributed by atoms with E-state index in [2.05, 4.69) is 53.4 Å². The zero-order chi connectivity index (χ0) is 36.1. The van der Waals surface area contributed by atoms with Crippen molar-refractivity contribution in [2.45, 2.75) is 157 Å². The Labute approximate surface area is 302 Å². The summed E-state index contributed by atoms with van der Waals surface area (Å²) in [7, 11) is -3.05. The van der Waals surface area contributed by atoms with Crippen LogP contribution in [0.15, 0.2) is 36.5 Å². The lowest BCUT2D eigenvalue weighted by molar-refractivity contribution is 0.104. The minimum absolute atomic E-state index is 0.135. The minimum atomic E-state index is -3.05. The van der Waals surface area contributed by atoms with E-state index < -0.39 is 7.47 Å². The van der Waals surface area contributed by atoms with Gasteiger partial charge in [0.25, 0.3) is 0 Å². The second kappa shape index (κ2) is 23.4. The number of carbonyl (C=O) groups is 1. The van der Waals surface area contributed by atoms with Gasteiger partial charge >= 0.3 is 7.47 Å². The SMILES string of the molecule is CCCCCCCCCCCCCCCCNCc1ccc(-c2[nH]c(C(=O)/C=C(\OB(F)F)c3[nH]cc(CC)c3CC)c(CC)c2CC)cc1. The molecule has 0 aliphatic heterocycles. The quantitative estimate of drug-likeness (QED) is 0.0245. The Morgan fingerprint density at radius 1 is 0.720 bits per heavy atom. The average molecular weight is 692 g/mol. The normalized spacial score (nSPS) is 11.8. The van der Waals surface area contributed by atoms with Crippen molar-refractivity contribution >= 4 is 19.0 Å². The summed E-state index contributed by atoms with van der Waals surface area (Å²) in [6.07, 6.45) is 25.0. The summed E-state index contributed by atoms with van der Waals surface area (Å²) in [6.45, 7) is 12.2. The molecule has 0 unspecified atom stereocenters. The lowest BCUT2D eigenvalue weighted by Gasteiger charge is -2.10. The molecule has 0 bridgehead atoms. The van der Waals surface area contributed by atoms with Gasteiger partial charge in [-0.3, -0.25) is 4.79 Å². The summed E-state index contributed by atoms with van der Waals surface area (Å²) in [5.41, 5.74) is 7.89. The number of aryl methyl sites for hydroxylation is 1. The lowest BCUT2D eigenvalue weighted by Crippen LogP contribution is -2.14. The van der Waals surface area contributed by atoms with Crippen molar-refractivity contribution < 1.29 is 18.1 Å². The highest BCUT2D eigenvalue weighted by Gasteiger charge is 2.26. The number of benzene rings is 1. The average Bonchev–Trinajstić information content (AvgIpc) is 3.72. The molecule has 0 atom stereocenters. The fraction of sp³-hybridized carbons (Fsp3) is 0.595. The zero-order valence-electron chi connectivity index (χ0n) is 31.8. The molecule has 1 aromatic carbocycles. The first-order chi connectivity index (χ1) is 24.4. The van der Waals surface area contributed by atoms with Crippen LogP contribution in [0.2, 0.25) is 0 Å². The smallest absolute Gasteiger partial charge is 0.503 e. The molecule has 0 radical (unpaired) electrons. The summed E-state index contributed by atoms with van der Waals surface area (Å²) >= 11 is 0. The van der Waals surface area contributed by atoms with Gasteiger partial charge in [0.2, 0.25) is 5.78 Å². The molecule has 5 nitrogen and oxygen atoms in total. The van der Waals surface area contributed by atoms with E-state index >= 15 is 0 Å². The third-order valence-corrected chi connectivity index (χ3v) is 9.99. The number of unbranched alkanes of at least 4 members (excludes halogenated alkanes) is 13. The highest BCUT2D eigenvalue weighted by molar-refractivity contribution is 6.36. The van der Waals surface area contributed by atoms with Crippen molar-refractivity contribution in [3.8, 4) is 11.3 Å². The van der Waals surface area contributed by atoms with Crippen LogP contribution >= 0.6 is 0 Å². The van der Waals surface area contributed by atoms with Crippen LogP contribution in [0.4, 0.5) is 8.63 Å². The van der Waals surface area contributed by atoms with Gasteiger partial charge < -0.3 is 19.9 Å². The molecular formula is C42H64BF2N3O2. The Morgan fingerprint density at radius 3 is 1.80 bits per heavy atom. The van der Waals surface area contributed by atoms with E-state index in [4.69, 9.17) is 4.65 Å². The van der Waals surface area contributed by atoms with Crippen molar-refractivity contribution in [1.29, 1.82) is 0 Å². The molecule has 8 heteroatoms. The van der Waals surface area contributed by atoms with Crippen molar-refractivity contribution in [3.05, 3.63) is 75.7 Å². The maximum atomic E-state index is 13.7. The van der Waals surface area contributed by atoms with Crippen molar-refractivity contribution in [2.75, 3.05) is 6.54 Å². The monoisotopic (exact) mass is 692 g/mol.